The third kappa shape index (κ3) is 3.89. The Bertz CT molecular complexity index is 192. The molecule has 1 rings (SSSR count). The van der Waals surface area contributed by atoms with Crippen LogP contribution in [0.4, 0.5) is 0 Å². The summed E-state index contributed by atoms with van der Waals surface area (Å²) in [5.41, 5.74) is 0. The van der Waals surface area contributed by atoms with Crippen LogP contribution in [-0.4, -0.2) is 27.5 Å². The monoisotopic (exact) mass is 229 g/mol. The molecule has 3 heteroatoms. The third-order valence-corrected chi connectivity index (χ3v) is 8.36. The Morgan fingerprint density at radius 1 is 1.27 bits per heavy atom. The number of piperidine rings is 1. The fraction of sp³-hybridized carbons (Fsp3) is 1.00. The van der Waals surface area contributed by atoms with Crippen molar-refractivity contribution in [2.45, 2.75) is 64.2 Å². The van der Waals surface area contributed by atoms with Crippen molar-refractivity contribution < 1.29 is 4.43 Å². The molecule has 2 nitrogen and oxygen atoms in total. The Labute approximate surface area is 95.9 Å². The molecule has 15 heavy (non-hydrogen) atoms. The van der Waals surface area contributed by atoms with Crippen molar-refractivity contribution in [2.75, 3.05) is 13.2 Å². The average molecular weight is 229 g/mol. The van der Waals surface area contributed by atoms with Gasteiger partial charge in [-0.3, -0.25) is 0 Å². The smallest absolute Gasteiger partial charge is 0.192 e. The molecular weight excluding hydrogens is 202 g/mol. The molecule has 1 atom stereocenters. The zero-order valence-electron chi connectivity index (χ0n) is 11.0. The van der Waals surface area contributed by atoms with Gasteiger partial charge < -0.3 is 9.74 Å². The number of hydrogen-bond donors (Lipinski definition) is 1. The highest BCUT2D eigenvalue weighted by atomic mass is 28.4. The normalized spacial score (nSPS) is 24.2. The van der Waals surface area contributed by atoms with E-state index in [1.807, 2.05) is 0 Å². The van der Waals surface area contributed by atoms with E-state index in [-0.39, 0.29) is 0 Å². The highest BCUT2D eigenvalue weighted by Crippen LogP contribution is 2.36. The van der Waals surface area contributed by atoms with Gasteiger partial charge in [0.05, 0.1) is 0 Å². The Morgan fingerprint density at radius 3 is 2.40 bits per heavy atom. The first-order valence-corrected chi connectivity index (χ1v) is 9.11. The van der Waals surface area contributed by atoms with E-state index in [2.05, 4.69) is 39.2 Å². The van der Waals surface area contributed by atoms with Gasteiger partial charge in [0.15, 0.2) is 8.32 Å². The summed E-state index contributed by atoms with van der Waals surface area (Å²) in [6.45, 7) is 13.6. The van der Waals surface area contributed by atoms with E-state index in [1.165, 1.54) is 25.8 Å². The van der Waals surface area contributed by atoms with Crippen LogP contribution in [-0.2, 0) is 4.43 Å². The predicted molar refractivity (Wildman–Crippen MR) is 68.8 cm³/mol. The Hall–Kier alpha value is 0.137. The molecule has 1 aliphatic rings. The van der Waals surface area contributed by atoms with Gasteiger partial charge in [0.2, 0.25) is 0 Å². The first-order valence-electron chi connectivity index (χ1n) is 6.20. The SMILES string of the molecule is CC(C)(C)[Si](C)(C)OC[C@@H]1CCCCN1. The van der Waals surface area contributed by atoms with Gasteiger partial charge in [0.1, 0.15) is 0 Å². The second-order valence-electron chi connectivity index (χ2n) is 6.22. The second kappa shape index (κ2) is 4.98. The molecular formula is C12H27NOSi. The Balaban J connectivity index is 2.35. The molecule has 0 aliphatic carbocycles. The van der Waals surface area contributed by atoms with Gasteiger partial charge in [0, 0.05) is 12.6 Å². The van der Waals surface area contributed by atoms with Crippen LogP contribution in [0.3, 0.4) is 0 Å². The fourth-order valence-corrected chi connectivity index (χ4v) is 2.64. The van der Waals surface area contributed by atoms with Gasteiger partial charge in [-0.15, -0.1) is 0 Å². The van der Waals surface area contributed by atoms with Crippen LogP contribution in [0.2, 0.25) is 18.1 Å². The standard InChI is InChI=1S/C12H27NOSi/c1-12(2,3)15(4,5)14-10-11-8-6-7-9-13-11/h11,13H,6-10H2,1-5H3/t11-/m0/s1. The molecule has 1 heterocycles. The minimum atomic E-state index is -1.53. The minimum absolute atomic E-state index is 0.335. The van der Waals surface area contributed by atoms with Crippen LogP contribution in [0.1, 0.15) is 40.0 Å². The Morgan fingerprint density at radius 2 is 1.93 bits per heavy atom. The number of hydrogen-bond acceptors (Lipinski definition) is 2. The largest absolute Gasteiger partial charge is 0.415 e. The van der Waals surface area contributed by atoms with E-state index in [0.29, 0.717) is 11.1 Å². The third-order valence-electron chi connectivity index (χ3n) is 3.86. The molecule has 90 valence electrons. The highest BCUT2D eigenvalue weighted by Gasteiger charge is 2.37. The number of rotatable bonds is 3. The molecule has 0 saturated carbocycles. The summed E-state index contributed by atoms with van der Waals surface area (Å²) in [6, 6.07) is 0.605. The van der Waals surface area contributed by atoms with Crippen molar-refractivity contribution in [1.82, 2.24) is 5.32 Å². The van der Waals surface area contributed by atoms with Crippen LogP contribution in [0.15, 0.2) is 0 Å². The van der Waals surface area contributed by atoms with Crippen molar-refractivity contribution in [1.29, 1.82) is 0 Å². The lowest BCUT2D eigenvalue weighted by Crippen LogP contribution is -2.46. The van der Waals surface area contributed by atoms with Crippen molar-refractivity contribution >= 4 is 8.32 Å². The van der Waals surface area contributed by atoms with Gasteiger partial charge in [0.25, 0.3) is 0 Å². The predicted octanol–water partition coefficient (Wildman–Crippen LogP) is 3.15. The summed E-state index contributed by atoms with van der Waals surface area (Å²) >= 11 is 0. The van der Waals surface area contributed by atoms with Crippen LogP contribution in [0, 0.1) is 0 Å². The topological polar surface area (TPSA) is 21.3 Å². The zero-order chi connectivity index (χ0) is 11.5. The lowest BCUT2D eigenvalue weighted by Gasteiger charge is -2.38. The van der Waals surface area contributed by atoms with Gasteiger partial charge in [-0.25, -0.2) is 0 Å². The summed E-state index contributed by atoms with van der Waals surface area (Å²) in [7, 11) is -1.53. The molecule has 1 fully saturated rings. The summed E-state index contributed by atoms with van der Waals surface area (Å²) in [6.07, 6.45) is 3.98. The molecule has 1 N–H and O–H groups in total. The first-order chi connectivity index (χ1) is 6.83. The molecule has 0 aromatic rings. The molecule has 0 radical (unpaired) electrons. The van der Waals surface area contributed by atoms with Crippen LogP contribution < -0.4 is 5.32 Å². The van der Waals surface area contributed by atoms with Crippen molar-refractivity contribution in [3.63, 3.8) is 0 Å². The molecule has 0 spiro atoms. The maximum Gasteiger partial charge on any atom is 0.192 e. The molecule has 0 aromatic carbocycles. The van der Waals surface area contributed by atoms with E-state index in [9.17, 15) is 0 Å². The second-order valence-corrected chi connectivity index (χ2v) is 11.0. The molecule has 0 aromatic heterocycles. The lowest BCUT2D eigenvalue weighted by atomic mass is 10.1. The Kier molecular flexibility index (Phi) is 4.38. The van der Waals surface area contributed by atoms with E-state index in [1.54, 1.807) is 0 Å². The highest BCUT2D eigenvalue weighted by molar-refractivity contribution is 6.74. The average Bonchev–Trinajstić information content (AvgIpc) is 2.15. The quantitative estimate of drug-likeness (QED) is 0.751. The molecule has 0 bridgehead atoms. The van der Waals surface area contributed by atoms with Gasteiger partial charge in [-0.05, 0) is 37.5 Å². The molecule has 1 saturated heterocycles. The van der Waals surface area contributed by atoms with E-state index >= 15 is 0 Å². The summed E-state index contributed by atoms with van der Waals surface area (Å²) in [4.78, 5) is 0. The summed E-state index contributed by atoms with van der Waals surface area (Å²) in [5, 5.41) is 3.88. The van der Waals surface area contributed by atoms with Gasteiger partial charge in [-0.1, -0.05) is 27.2 Å². The first kappa shape index (κ1) is 13.2. The summed E-state index contributed by atoms with van der Waals surface area (Å²) < 4.78 is 6.21. The minimum Gasteiger partial charge on any atom is -0.415 e. The van der Waals surface area contributed by atoms with Crippen molar-refractivity contribution in [3.8, 4) is 0 Å². The van der Waals surface area contributed by atoms with Crippen molar-refractivity contribution in [2.24, 2.45) is 0 Å². The van der Waals surface area contributed by atoms with Crippen LogP contribution >= 0.6 is 0 Å². The van der Waals surface area contributed by atoms with Crippen LogP contribution in [0.5, 0.6) is 0 Å². The van der Waals surface area contributed by atoms with E-state index < -0.39 is 8.32 Å². The molecule has 1 aliphatic heterocycles. The molecule has 0 amide bonds. The van der Waals surface area contributed by atoms with Crippen molar-refractivity contribution in [3.05, 3.63) is 0 Å². The lowest BCUT2D eigenvalue weighted by molar-refractivity contribution is 0.221. The summed E-state index contributed by atoms with van der Waals surface area (Å²) in [5.74, 6) is 0. The van der Waals surface area contributed by atoms with E-state index in [0.717, 1.165) is 6.61 Å². The fourth-order valence-electron chi connectivity index (χ4n) is 1.59. The van der Waals surface area contributed by atoms with Gasteiger partial charge >= 0.3 is 0 Å². The van der Waals surface area contributed by atoms with Gasteiger partial charge in [-0.2, -0.15) is 0 Å². The van der Waals surface area contributed by atoms with Crippen LogP contribution in [0.25, 0.3) is 0 Å². The molecule has 0 unspecified atom stereocenters. The zero-order valence-corrected chi connectivity index (χ0v) is 12.0. The number of nitrogens with one attached hydrogen (secondary N) is 1. The van der Waals surface area contributed by atoms with E-state index in [4.69, 9.17) is 4.43 Å². The maximum atomic E-state index is 6.21. The maximum absolute atomic E-state index is 6.21.